The number of sulfonamides is 1. The van der Waals surface area contributed by atoms with Crippen LogP contribution >= 0.6 is 11.8 Å². The van der Waals surface area contributed by atoms with Crippen LogP contribution in [0.2, 0.25) is 0 Å². The molecule has 0 aromatic heterocycles. The molecule has 100 valence electrons. The number of esters is 1. The van der Waals surface area contributed by atoms with Crippen molar-refractivity contribution in [3.63, 3.8) is 0 Å². The van der Waals surface area contributed by atoms with E-state index in [0.717, 1.165) is 11.8 Å². The Labute approximate surface area is 110 Å². The fourth-order valence-corrected chi connectivity index (χ4v) is 3.10. The van der Waals surface area contributed by atoms with Gasteiger partial charge in [-0.3, -0.25) is 4.79 Å². The van der Waals surface area contributed by atoms with Gasteiger partial charge in [0.25, 0.3) is 0 Å². The lowest BCUT2D eigenvalue weighted by molar-refractivity contribution is -0.139. The highest BCUT2D eigenvalue weighted by Crippen LogP contribution is 2.27. The van der Waals surface area contributed by atoms with E-state index in [0.29, 0.717) is 10.6 Å². The Kier molecular flexibility index (Phi) is 5.00. The summed E-state index contributed by atoms with van der Waals surface area (Å²) >= 11 is 1.04. The number of rotatable bonds is 5. The van der Waals surface area contributed by atoms with Crippen LogP contribution in [-0.4, -0.2) is 26.7 Å². The lowest BCUT2D eigenvalue weighted by atomic mass is 10.3. The third-order valence-electron chi connectivity index (χ3n) is 1.93. The monoisotopic (exact) mass is 290 g/mol. The summed E-state index contributed by atoms with van der Waals surface area (Å²) in [5.41, 5.74) is 5.80. The first kappa shape index (κ1) is 14.8. The SMILES string of the molecule is CCOC(=O)CSc1ccc(N)cc1S(N)(=O)=O. The minimum atomic E-state index is -3.87. The van der Waals surface area contributed by atoms with Gasteiger partial charge in [0.2, 0.25) is 10.0 Å². The van der Waals surface area contributed by atoms with Crippen LogP contribution < -0.4 is 10.9 Å². The predicted molar refractivity (Wildman–Crippen MR) is 69.6 cm³/mol. The average Bonchev–Trinajstić information content (AvgIpc) is 2.26. The molecule has 6 nitrogen and oxygen atoms in total. The van der Waals surface area contributed by atoms with Crippen LogP contribution in [0.4, 0.5) is 5.69 Å². The molecule has 1 rings (SSSR count). The molecule has 0 atom stereocenters. The number of nitrogens with two attached hydrogens (primary N) is 2. The number of nitrogen functional groups attached to an aromatic ring is 1. The van der Waals surface area contributed by atoms with Gasteiger partial charge in [-0.2, -0.15) is 0 Å². The van der Waals surface area contributed by atoms with E-state index in [2.05, 4.69) is 0 Å². The molecule has 0 aliphatic carbocycles. The van der Waals surface area contributed by atoms with Crippen molar-refractivity contribution in [2.45, 2.75) is 16.7 Å². The van der Waals surface area contributed by atoms with Gasteiger partial charge in [-0.25, -0.2) is 13.6 Å². The summed E-state index contributed by atoms with van der Waals surface area (Å²) in [4.78, 5) is 11.5. The largest absolute Gasteiger partial charge is 0.465 e. The van der Waals surface area contributed by atoms with E-state index < -0.39 is 16.0 Å². The molecule has 0 bridgehead atoms. The zero-order valence-corrected chi connectivity index (χ0v) is 11.4. The van der Waals surface area contributed by atoms with Gasteiger partial charge in [-0.05, 0) is 25.1 Å². The molecule has 18 heavy (non-hydrogen) atoms. The number of hydrogen-bond donors (Lipinski definition) is 2. The van der Waals surface area contributed by atoms with Crippen molar-refractivity contribution in [1.82, 2.24) is 0 Å². The quantitative estimate of drug-likeness (QED) is 0.466. The van der Waals surface area contributed by atoms with Gasteiger partial charge in [0.15, 0.2) is 0 Å². The topological polar surface area (TPSA) is 112 Å². The zero-order chi connectivity index (χ0) is 13.8. The molecule has 1 aromatic carbocycles. The van der Waals surface area contributed by atoms with Gasteiger partial charge >= 0.3 is 5.97 Å². The molecule has 4 N–H and O–H groups in total. The van der Waals surface area contributed by atoms with Crippen LogP contribution in [-0.2, 0) is 19.6 Å². The normalized spacial score (nSPS) is 11.2. The number of thioether (sulfide) groups is 1. The van der Waals surface area contributed by atoms with Gasteiger partial charge in [0.1, 0.15) is 0 Å². The average molecular weight is 290 g/mol. The number of carbonyl (C=O) groups is 1. The molecule has 0 saturated carbocycles. The second kappa shape index (κ2) is 6.07. The Bertz CT molecular complexity index is 543. The van der Waals surface area contributed by atoms with Gasteiger partial charge in [0, 0.05) is 10.6 Å². The van der Waals surface area contributed by atoms with Gasteiger partial charge in [-0.15, -0.1) is 11.8 Å². The summed E-state index contributed by atoms with van der Waals surface area (Å²) in [6.45, 7) is 1.98. The molecule has 0 unspecified atom stereocenters. The second-order valence-electron chi connectivity index (χ2n) is 3.34. The van der Waals surface area contributed by atoms with Crippen LogP contribution in [0.3, 0.4) is 0 Å². The summed E-state index contributed by atoms with van der Waals surface area (Å²) in [7, 11) is -3.87. The number of hydrogen-bond acceptors (Lipinski definition) is 6. The smallest absolute Gasteiger partial charge is 0.316 e. The van der Waals surface area contributed by atoms with E-state index in [9.17, 15) is 13.2 Å². The molecule has 8 heteroatoms. The third kappa shape index (κ3) is 4.21. The van der Waals surface area contributed by atoms with Crippen LogP contribution in [0.5, 0.6) is 0 Å². The maximum absolute atomic E-state index is 11.4. The predicted octanol–water partition coefficient (Wildman–Crippen LogP) is 0.571. The van der Waals surface area contributed by atoms with Crippen molar-refractivity contribution in [3.8, 4) is 0 Å². The van der Waals surface area contributed by atoms with Crippen LogP contribution in [0.25, 0.3) is 0 Å². The first-order valence-electron chi connectivity index (χ1n) is 5.05. The number of anilines is 1. The number of ether oxygens (including phenoxy) is 1. The molecule has 0 heterocycles. The fourth-order valence-electron chi connectivity index (χ4n) is 1.21. The number of carbonyl (C=O) groups excluding carboxylic acids is 1. The first-order valence-corrected chi connectivity index (χ1v) is 7.58. The van der Waals surface area contributed by atoms with Crippen molar-refractivity contribution < 1.29 is 17.9 Å². The minimum Gasteiger partial charge on any atom is -0.465 e. The maximum atomic E-state index is 11.4. The van der Waals surface area contributed by atoms with Crippen molar-refractivity contribution >= 4 is 33.4 Å². The lowest BCUT2D eigenvalue weighted by Gasteiger charge is -2.08. The third-order valence-corrected chi connectivity index (χ3v) is 4.05. The van der Waals surface area contributed by atoms with Crippen LogP contribution in [0, 0.1) is 0 Å². The lowest BCUT2D eigenvalue weighted by Crippen LogP contribution is -2.14. The van der Waals surface area contributed by atoms with Gasteiger partial charge in [0.05, 0.1) is 17.3 Å². The molecule has 1 aromatic rings. The van der Waals surface area contributed by atoms with E-state index in [-0.39, 0.29) is 17.3 Å². The maximum Gasteiger partial charge on any atom is 0.316 e. The Hall–Kier alpha value is -1.25. The molecule has 0 amide bonds. The van der Waals surface area contributed by atoms with Crippen molar-refractivity contribution in [1.29, 1.82) is 0 Å². The standard InChI is InChI=1S/C10H14N2O4S2/c1-2-16-10(13)6-17-8-4-3-7(11)5-9(8)18(12,14)15/h3-5H,2,6,11H2,1H3,(H2,12,14,15). The Morgan fingerprint density at radius 2 is 2.11 bits per heavy atom. The molecular weight excluding hydrogens is 276 g/mol. The Morgan fingerprint density at radius 3 is 2.67 bits per heavy atom. The highest BCUT2D eigenvalue weighted by atomic mass is 32.2. The molecule has 0 aliphatic heterocycles. The van der Waals surface area contributed by atoms with E-state index in [4.69, 9.17) is 15.6 Å². The van der Waals surface area contributed by atoms with Crippen LogP contribution in [0.1, 0.15) is 6.92 Å². The highest BCUT2D eigenvalue weighted by Gasteiger charge is 2.16. The zero-order valence-electron chi connectivity index (χ0n) is 9.75. The van der Waals surface area contributed by atoms with Crippen LogP contribution in [0.15, 0.2) is 28.0 Å². The number of benzene rings is 1. The number of primary sulfonamides is 1. The molecule has 0 aliphatic rings. The summed E-state index contributed by atoms with van der Waals surface area (Å²) in [5.74, 6) is -0.403. The first-order chi connectivity index (χ1) is 8.34. The van der Waals surface area contributed by atoms with Crippen molar-refractivity contribution in [2.75, 3.05) is 18.1 Å². The molecule has 0 fully saturated rings. The van der Waals surface area contributed by atoms with Crippen molar-refractivity contribution in [2.24, 2.45) is 5.14 Å². The molecule has 0 saturated heterocycles. The van der Waals surface area contributed by atoms with E-state index in [1.165, 1.54) is 12.1 Å². The van der Waals surface area contributed by atoms with Gasteiger partial charge in [-0.1, -0.05) is 0 Å². The minimum absolute atomic E-state index is 0.0142. The van der Waals surface area contributed by atoms with Gasteiger partial charge < -0.3 is 10.5 Å². The Morgan fingerprint density at radius 1 is 1.44 bits per heavy atom. The summed E-state index contributed by atoms with van der Waals surface area (Å²) < 4.78 is 27.5. The second-order valence-corrected chi connectivity index (χ2v) is 5.89. The molecule has 0 radical (unpaired) electrons. The van der Waals surface area contributed by atoms with E-state index in [1.807, 2.05) is 0 Å². The summed E-state index contributed by atoms with van der Waals surface area (Å²) in [6.07, 6.45) is 0. The molecule has 0 spiro atoms. The van der Waals surface area contributed by atoms with E-state index in [1.54, 1.807) is 13.0 Å². The Balaban J connectivity index is 2.93. The fraction of sp³-hybridized carbons (Fsp3) is 0.300. The van der Waals surface area contributed by atoms with E-state index >= 15 is 0 Å². The summed E-state index contributed by atoms with van der Waals surface area (Å²) in [5, 5.41) is 5.08. The van der Waals surface area contributed by atoms with Crippen molar-refractivity contribution in [3.05, 3.63) is 18.2 Å². The highest BCUT2D eigenvalue weighted by molar-refractivity contribution is 8.00. The molecular formula is C10H14N2O4S2. The summed E-state index contributed by atoms with van der Waals surface area (Å²) in [6, 6.07) is 4.32.